The van der Waals surface area contributed by atoms with Crippen molar-refractivity contribution in [3.8, 4) is 0 Å². The standard InChI is InChI=1S/C11H18N2O6/c14-6-7-3-1-2-4-13(7)11(19)12-8(10(17)18)5-9(15)16/h7-8,14H,1-6H2,(H,12,19)(H,15,16)(H,17,18)/t7?,8-/m1/s1. The second-order valence-electron chi connectivity index (χ2n) is 4.46. The molecule has 2 atom stereocenters. The summed E-state index contributed by atoms with van der Waals surface area (Å²) >= 11 is 0. The van der Waals surface area contributed by atoms with Gasteiger partial charge in [0.05, 0.1) is 19.1 Å². The van der Waals surface area contributed by atoms with Crippen LogP contribution >= 0.6 is 0 Å². The molecule has 0 saturated carbocycles. The number of urea groups is 1. The first-order valence-corrected chi connectivity index (χ1v) is 6.08. The highest BCUT2D eigenvalue weighted by molar-refractivity contribution is 5.86. The summed E-state index contributed by atoms with van der Waals surface area (Å²) < 4.78 is 0. The minimum atomic E-state index is -1.47. The Kier molecular flexibility index (Phi) is 5.56. The lowest BCUT2D eigenvalue weighted by Gasteiger charge is -2.35. The van der Waals surface area contributed by atoms with Crippen LogP contribution in [0.25, 0.3) is 0 Å². The molecule has 8 nitrogen and oxygen atoms in total. The summed E-state index contributed by atoms with van der Waals surface area (Å²) in [6.07, 6.45) is 1.65. The van der Waals surface area contributed by atoms with Gasteiger partial charge in [0.15, 0.2) is 0 Å². The topological polar surface area (TPSA) is 127 Å². The van der Waals surface area contributed by atoms with E-state index in [1.807, 2.05) is 0 Å². The highest BCUT2D eigenvalue weighted by Crippen LogP contribution is 2.16. The van der Waals surface area contributed by atoms with Crippen LogP contribution in [0.4, 0.5) is 4.79 Å². The molecule has 1 aliphatic heterocycles. The molecule has 19 heavy (non-hydrogen) atoms. The van der Waals surface area contributed by atoms with E-state index in [1.54, 1.807) is 0 Å². The van der Waals surface area contributed by atoms with E-state index in [0.29, 0.717) is 13.0 Å². The lowest BCUT2D eigenvalue weighted by molar-refractivity contribution is -0.145. The molecule has 0 spiro atoms. The van der Waals surface area contributed by atoms with Gasteiger partial charge in [-0.1, -0.05) is 0 Å². The fourth-order valence-corrected chi connectivity index (χ4v) is 2.06. The van der Waals surface area contributed by atoms with Crippen LogP contribution in [0.15, 0.2) is 0 Å². The van der Waals surface area contributed by atoms with E-state index in [4.69, 9.17) is 15.3 Å². The highest BCUT2D eigenvalue weighted by atomic mass is 16.4. The number of rotatable bonds is 5. The number of hydrogen-bond acceptors (Lipinski definition) is 4. The number of carboxylic acids is 2. The van der Waals surface area contributed by atoms with E-state index in [2.05, 4.69) is 5.32 Å². The average Bonchev–Trinajstić information content (AvgIpc) is 2.37. The van der Waals surface area contributed by atoms with Crippen molar-refractivity contribution in [2.24, 2.45) is 0 Å². The average molecular weight is 274 g/mol. The predicted octanol–water partition coefficient (Wildman–Crippen LogP) is -0.529. The van der Waals surface area contributed by atoms with Crippen LogP contribution in [0.3, 0.4) is 0 Å². The maximum Gasteiger partial charge on any atom is 0.326 e. The summed E-state index contributed by atoms with van der Waals surface area (Å²) in [5.74, 6) is -2.70. The van der Waals surface area contributed by atoms with Crippen molar-refractivity contribution in [1.29, 1.82) is 0 Å². The maximum atomic E-state index is 11.9. The van der Waals surface area contributed by atoms with E-state index in [0.717, 1.165) is 12.8 Å². The third-order valence-electron chi connectivity index (χ3n) is 3.07. The Hall–Kier alpha value is -1.83. The zero-order chi connectivity index (χ0) is 14.4. The molecule has 0 bridgehead atoms. The molecule has 1 heterocycles. The van der Waals surface area contributed by atoms with Crippen LogP contribution < -0.4 is 5.32 Å². The molecule has 4 N–H and O–H groups in total. The van der Waals surface area contributed by atoms with Crippen LogP contribution in [0.2, 0.25) is 0 Å². The number of nitrogens with zero attached hydrogens (tertiary/aromatic N) is 1. The number of aliphatic hydroxyl groups excluding tert-OH is 1. The van der Waals surface area contributed by atoms with Gasteiger partial charge in [0.2, 0.25) is 0 Å². The first-order valence-electron chi connectivity index (χ1n) is 6.08. The van der Waals surface area contributed by atoms with Crippen LogP contribution in [-0.2, 0) is 9.59 Å². The monoisotopic (exact) mass is 274 g/mol. The number of hydrogen-bond donors (Lipinski definition) is 4. The van der Waals surface area contributed by atoms with Gasteiger partial charge in [0.1, 0.15) is 6.04 Å². The van der Waals surface area contributed by atoms with Crippen molar-refractivity contribution < 1.29 is 29.7 Å². The summed E-state index contributed by atoms with van der Waals surface area (Å²) in [5, 5.41) is 28.8. The Morgan fingerprint density at radius 1 is 1.26 bits per heavy atom. The van der Waals surface area contributed by atoms with Gasteiger partial charge in [-0.2, -0.15) is 0 Å². The number of carbonyl (C=O) groups is 3. The van der Waals surface area contributed by atoms with Crippen molar-refractivity contribution in [2.75, 3.05) is 13.2 Å². The third-order valence-corrected chi connectivity index (χ3v) is 3.07. The molecule has 0 aromatic carbocycles. The molecule has 1 aliphatic rings. The molecule has 8 heteroatoms. The largest absolute Gasteiger partial charge is 0.481 e. The Bertz CT molecular complexity index is 359. The normalized spacial score (nSPS) is 20.7. The van der Waals surface area contributed by atoms with Crippen molar-refractivity contribution >= 4 is 18.0 Å². The Balaban J connectivity index is 2.64. The summed E-state index contributed by atoms with van der Waals surface area (Å²) in [4.78, 5) is 34.7. The molecule has 0 aromatic rings. The fraction of sp³-hybridized carbons (Fsp3) is 0.727. The summed E-state index contributed by atoms with van der Waals surface area (Å²) in [5.41, 5.74) is 0. The SMILES string of the molecule is O=C(O)C[C@@H](NC(=O)N1CCCCC1CO)C(=O)O. The molecule has 0 radical (unpaired) electrons. The van der Waals surface area contributed by atoms with Gasteiger partial charge in [-0.25, -0.2) is 9.59 Å². The van der Waals surface area contributed by atoms with Crippen molar-refractivity contribution in [3.05, 3.63) is 0 Å². The van der Waals surface area contributed by atoms with Crippen molar-refractivity contribution in [1.82, 2.24) is 10.2 Å². The number of nitrogens with one attached hydrogen (secondary N) is 1. The van der Waals surface area contributed by atoms with Crippen molar-refractivity contribution in [2.45, 2.75) is 37.8 Å². The zero-order valence-electron chi connectivity index (χ0n) is 10.4. The molecule has 0 aromatic heterocycles. The van der Waals surface area contributed by atoms with E-state index >= 15 is 0 Å². The van der Waals surface area contributed by atoms with E-state index < -0.39 is 30.4 Å². The van der Waals surface area contributed by atoms with Gasteiger partial charge >= 0.3 is 18.0 Å². The summed E-state index contributed by atoms with van der Waals surface area (Å²) in [6, 6.07) is -2.45. The number of aliphatic hydroxyl groups is 1. The van der Waals surface area contributed by atoms with E-state index in [-0.39, 0.29) is 12.6 Å². The maximum absolute atomic E-state index is 11.9. The molecule has 1 unspecified atom stereocenters. The van der Waals surface area contributed by atoms with Gasteiger partial charge in [-0.3, -0.25) is 4.79 Å². The number of piperidine rings is 1. The van der Waals surface area contributed by atoms with Crippen LogP contribution in [0, 0.1) is 0 Å². The number of carboxylic acid groups (broad SMARTS) is 2. The Labute approximate surface area is 110 Å². The minimum absolute atomic E-state index is 0.190. The first kappa shape index (κ1) is 15.2. The highest BCUT2D eigenvalue weighted by Gasteiger charge is 2.30. The molecule has 108 valence electrons. The molecule has 1 rings (SSSR count). The zero-order valence-corrected chi connectivity index (χ0v) is 10.4. The van der Waals surface area contributed by atoms with Gasteiger partial charge in [0.25, 0.3) is 0 Å². The molecule has 0 aliphatic carbocycles. The Morgan fingerprint density at radius 3 is 2.47 bits per heavy atom. The van der Waals surface area contributed by atoms with Crippen LogP contribution in [0.5, 0.6) is 0 Å². The number of likely N-dealkylation sites (tertiary alicyclic amines) is 1. The molecule has 1 fully saturated rings. The predicted molar refractivity (Wildman–Crippen MR) is 63.6 cm³/mol. The fourth-order valence-electron chi connectivity index (χ4n) is 2.06. The number of aliphatic carboxylic acids is 2. The molecule has 1 saturated heterocycles. The smallest absolute Gasteiger partial charge is 0.326 e. The molecule has 2 amide bonds. The molecular formula is C11H18N2O6. The second-order valence-corrected chi connectivity index (χ2v) is 4.46. The van der Waals surface area contributed by atoms with Crippen LogP contribution in [0.1, 0.15) is 25.7 Å². The van der Waals surface area contributed by atoms with Gasteiger partial charge < -0.3 is 25.5 Å². The second kappa shape index (κ2) is 6.93. The first-order chi connectivity index (χ1) is 8.95. The summed E-state index contributed by atoms with van der Waals surface area (Å²) in [6.45, 7) is 0.237. The number of carbonyl (C=O) groups excluding carboxylic acids is 1. The lowest BCUT2D eigenvalue weighted by Crippen LogP contribution is -2.54. The third kappa shape index (κ3) is 4.40. The minimum Gasteiger partial charge on any atom is -0.481 e. The van der Waals surface area contributed by atoms with E-state index in [9.17, 15) is 14.4 Å². The van der Waals surface area contributed by atoms with Gasteiger partial charge in [-0.05, 0) is 19.3 Å². The Morgan fingerprint density at radius 2 is 1.95 bits per heavy atom. The summed E-state index contributed by atoms with van der Waals surface area (Å²) in [7, 11) is 0. The molecular weight excluding hydrogens is 256 g/mol. The number of amides is 2. The van der Waals surface area contributed by atoms with Gasteiger partial charge in [-0.15, -0.1) is 0 Å². The van der Waals surface area contributed by atoms with Crippen molar-refractivity contribution in [3.63, 3.8) is 0 Å². The van der Waals surface area contributed by atoms with E-state index in [1.165, 1.54) is 4.90 Å². The quantitative estimate of drug-likeness (QED) is 0.533. The lowest BCUT2D eigenvalue weighted by atomic mass is 10.0. The van der Waals surface area contributed by atoms with Crippen LogP contribution in [-0.4, -0.2) is 63.4 Å². The van der Waals surface area contributed by atoms with Gasteiger partial charge in [0, 0.05) is 6.54 Å².